The zero-order valence-corrected chi connectivity index (χ0v) is 13.5. The number of carbonyl (C=O) groups excluding carboxylic acids is 1. The molecule has 1 unspecified atom stereocenters. The average Bonchev–Trinajstić information content (AvgIpc) is 2.27. The van der Waals surface area contributed by atoms with Crippen molar-refractivity contribution in [1.29, 1.82) is 0 Å². The van der Waals surface area contributed by atoms with Crippen molar-refractivity contribution in [2.24, 2.45) is 16.2 Å². The second kappa shape index (κ2) is 4.24. The molecule has 0 aromatic heterocycles. The van der Waals surface area contributed by atoms with Gasteiger partial charge in [0.1, 0.15) is 0 Å². The van der Waals surface area contributed by atoms with Crippen LogP contribution in [0, 0.1) is 16.2 Å². The largest absolute Gasteiger partial charge is 0.283 e. The van der Waals surface area contributed by atoms with Gasteiger partial charge in [-0.15, -0.1) is 0 Å². The summed E-state index contributed by atoms with van der Waals surface area (Å²) in [7, 11) is -2.45. The average molecular weight is 285 g/mol. The minimum atomic E-state index is -2.45. The first-order valence-electron chi connectivity index (χ1n) is 7.14. The Hall–Kier alpha value is -0.510. The third-order valence-corrected chi connectivity index (χ3v) is 6.24. The van der Waals surface area contributed by atoms with Gasteiger partial charge in [-0.25, -0.2) is 4.21 Å². The predicted molar refractivity (Wildman–Crippen MR) is 81.4 cm³/mol. The molecule has 0 radical (unpaired) electrons. The maximum atomic E-state index is 12.4. The molecular formula is C15H27NO2S. The van der Waals surface area contributed by atoms with Gasteiger partial charge in [0.15, 0.2) is 0 Å². The molecule has 0 saturated heterocycles. The van der Waals surface area contributed by atoms with Crippen LogP contribution in [-0.4, -0.2) is 22.2 Å². The molecule has 3 saturated carbocycles. The van der Waals surface area contributed by atoms with Crippen LogP contribution in [0.2, 0.25) is 0 Å². The Morgan fingerprint density at radius 2 is 1.53 bits per heavy atom. The summed E-state index contributed by atoms with van der Waals surface area (Å²) >= 11 is 0. The second-order valence-corrected chi connectivity index (χ2v) is 9.96. The summed E-state index contributed by atoms with van der Waals surface area (Å²) in [5, 5.41) is 0. The molecule has 1 N–H and O–H groups in total. The van der Waals surface area contributed by atoms with Gasteiger partial charge >= 0.3 is 0 Å². The van der Waals surface area contributed by atoms with Crippen molar-refractivity contribution in [3.8, 4) is 0 Å². The third-order valence-electron chi connectivity index (χ3n) is 5.63. The molecule has 2 bridgehead atoms. The van der Waals surface area contributed by atoms with Crippen LogP contribution in [0.5, 0.6) is 0 Å². The first-order valence-corrected chi connectivity index (χ1v) is 9.28. The molecule has 3 aliphatic carbocycles. The maximum Gasteiger partial charge on any atom is 0.237 e. The van der Waals surface area contributed by atoms with E-state index >= 15 is 0 Å². The maximum absolute atomic E-state index is 12.4. The standard InChI is InChI=1S/C15H27NO2S/c1-13(2,3)15-9-6-14(7-10-15,8-11-15)12(17)16-19(4,5)18/h4,6-11H2,1-3,5H3,(H,16,17,18). The van der Waals surface area contributed by atoms with Crippen LogP contribution in [0.15, 0.2) is 0 Å². The van der Waals surface area contributed by atoms with E-state index in [2.05, 4.69) is 31.4 Å². The number of nitrogens with one attached hydrogen (secondary N) is 1. The minimum absolute atomic E-state index is 0.0304. The number of hydrogen-bond acceptors (Lipinski definition) is 2. The van der Waals surface area contributed by atoms with E-state index < -0.39 is 9.71 Å². The SMILES string of the molecule is C=S(C)(=O)NC(=O)C12CCC(C(C)(C)C)(CC1)CC2. The molecule has 1 amide bonds. The summed E-state index contributed by atoms with van der Waals surface area (Å²) in [5.41, 5.74) is 0.428. The first kappa shape index (κ1) is 14.9. The Kier molecular flexibility index (Phi) is 3.32. The lowest BCUT2D eigenvalue weighted by atomic mass is 9.47. The lowest BCUT2D eigenvalue weighted by Gasteiger charge is -2.58. The number of carbonyl (C=O) groups is 1. The Balaban J connectivity index is 2.15. The summed E-state index contributed by atoms with van der Waals surface area (Å²) in [5.74, 6) is 3.50. The van der Waals surface area contributed by atoms with Crippen LogP contribution < -0.4 is 4.72 Å². The van der Waals surface area contributed by atoms with Crippen molar-refractivity contribution in [1.82, 2.24) is 4.72 Å². The molecule has 0 aromatic rings. The monoisotopic (exact) mass is 285 g/mol. The molecular weight excluding hydrogens is 258 g/mol. The van der Waals surface area contributed by atoms with E-state index in [0.29, 0.717) is 10.8 Å². The van der Waals surface area contributed by atoms with Gasteiger partial charge in [-0.2, -0.15) is 0 Å². The van der Waals surface area contributed by atoms with Gasteiger partial charge in [-0.3, -0.25) is 9.52 Å². The van der Waals surface area contributed by atoms with Gasteiger partial charge in [-0.05, 0) is 55.2 Å². The fourth-order valence-electron chi connectivity index (χ4n) is 3.96. The molecule has 4 heteroatoms. The first-order chi connectivity index (χ1) is 8.50. The molecule has 0 aromatic carbocycles. The van der Waals surface area contributed by atoms with E-state index in [4.69, 9.17) is 0 Å². The van der Waals surface area contributed by atoms with E-state index in [1.807, 2.05) is 0 Å². The minimum Gasteiger partial charge on any atom is -0.283 e. The lowest BCUT2D eigenvalue weighted by molar-refractivity contribution is -0.144. The van der Waals surface area contributed by atoms with Crippen molar-refractivity contribution in [3.05, 3.63) is 0 Å². The van der Waals surface area contributed by atoms with Gasteiger partial charge in [0.25, 0.3) is 0 Å². The smallest absolute Gasteiger partial charge is 0.237 e. The van der Waals surface area contributed by atoms with Gasteiger partial charge in [-0.1, -0.05) is 20.8 Å². The lowest BCUT2D eigenvalue weighted by Crippen LogP contribution is -2.54. The second-order valence-electron chi connectivity index (χ2n) is 7.75. The van der Waals surface area contributed by atoms with Crippen molar-refractivity contribution in [2.75, 3.05) is 6.26 Å². The highest BCUT2D eigenvalue weighted by molar-refractivity contribution is 7.98. The Labute approximate surface area is 117 Å². The van der Waals surface area contributed by atoms with Crippen LogP contribution in [-0.2, 0) is 14.5 Å². The summed E-state index contributed by atoms with van der Waals surface area (Å²) in [6.07, 6.45) is 7.65. The molecule has 3 aliphatic rings. The Morgan fingerprint density at radius 1 is 1.11 bits per heavy atom. The van der Waals surface area contributed by atoms with E-state index in [9.17, 15) is 9.00 Å². The molecule has 0 aliphatic heterocycles. The molecule has 0 heterocycles. The molecule has 1 atom stereocenters. The van der Waals surface area contributed by atoms with Crippen LogP contribution >= 0.6 is 0 Å². The molecule has 3 nitrogen and oxygen atoms in total. The Bertz CT molecular complexity index is 460. The third kappa shape index (κ3) is 2.56. The van der Waals surface area contributed by atoms with Crippen LogP contribution in [0.1, 0.15) is 59.3 Å². The van der Waals surface area contributed by atoms with Gasteiger partial charge in [0, 0.05) is 16.0 Å². The highest BCUT2D eigenvalue weighted by Crippen LogP contribution is 2.63. The molecule has 0 spiro atoms. The zero-order valence-electron chi connectivity index (χ0n) is 12.7. The van der Waals surface area contributed by atoms with Gasteiger partial charge in [0.2, 0.25) is 5.91 Å². The zero-order chi connectivity index (χ0) is 14.5. The number of hydrogen-bond donors (Lipinski definition) is 1. The van der Waals surface area contributed by atoms with Crippen LogP contribution in [0.3, 0.4) is 0 Å². The number of rotatable bonds is 2. The van der Waals surface area contributed by atoms with Crippen LogP contribution in [0.4, 0.5) is 0 Å². The quantitative estimate of drug-likeness (QED) is 0.793. The van der Waals surface area contributed by atoms with Crippen molar-refractivity contribution < 1.29 is 9.00 Å². The highest BCUT2D eigenvalue weighted by Gasteiger charge is 2.56. The normalized spacial score (nSPS) is 37.7. The summed E-state index contributed by atoms with van der Waals surface area (Å²) in [6.45, 7) is 6.96. The summed E-state index contributed by atoms with van der Waals surface area (Å²) in [4.78, 5) is 12.4. The van der Waals surface area contributed by atoms with Crippen LogP contribution in [0.25, 0.3) is 0 Å². The Morgan fingerprint density at radius 3 is 1.84 bits per heavy atom. The highest BCUT2D eigenvalue weighted by atomic mass is 32.2. The van der Waals surface area contributed by atoms with E-state index in [1.54, 1.807) is 0 Å². The van der Waals surface area contributed by atoms with Crippen molar-refractivity contribution >= 4 is 21.5 Å². The van der Waals surface area contributed by atoms with Gasteiger partial charge in [0.05, 0.1) is 5.41 Å². The molecule has 19 heavy (non-hydrogen) atoms. The molecule has 3 fully saturated rings. The fourth-order valence-corrected chi connectivity index (χ4v) is 4.56. The van der Waals surface area contributed by atoms with E-state index in [0.717, 1.165) is 38.5 Å². The number of amides is 1. The predicted octanol–water partition coefficient (Wildman–Crippen LogP) is 2.75. The van der Waals surface area contributed by atoms with Crippen molar-refractivity contribution in [3.63, 3.8) is 0 Å². The molecule has 110 valence electrons. The van der Waals surface area contributed by atoms with Gasteiger partial charge < -0.3 is 0 Å². The van der Waals surface area contributed by atoms with E-state index in [1.165, 1.54) is 6.26 Å². The van der Waals surface area contributed by atoms with E-state index in [-0.39, 0.29) is 11.3 Å². The van der Waals surface area contributed by atoms with Crippen molar-refractivity contribution in [2.45, 2.75) is 59.3 Å². The molecule has 3 rings (SSSR count). The summed E-state index contributed by atoms with van der Waals surface area (Å²) < 4.78 is 14.3. The summed E-state index contributed by atoms with van der Waals surface area (Å²) in [6, 6.07) is 0. The fraction of sp³-hybridized carbons (Fsp3) is 0.867. The topological polar surface area (TPSA) is 46.2 Å². The number of fused-ring (bicyclic) bond motifs is 3.